The van der Waals surface area contributed by atoms with E-state index in [1.165, 1.54) is 6.92 Å². The Morgan fingerprint density at radius 3 is 2.33 bits per heavy atom. The van der Waals surface area contributed by atoms with E-state index in [4.69, 9.17) is 0 Å². The quantitative estimate of drug-likeness (QED) is 0.605. The van der Waals surface area contributed by atoms with Crippen LogP contribution in [0.1, 0.15) is 27.2 Å². The molecule has 0 aromatic heterocycles. The molecular weight excluding hydrogens is 163 g/mol. The highest BCUT2D eigenvalue weighted by molar-refractivity contribution is 5.87. The van der Waals surface area contributed by atoms with Crippen molar-refractivity contribution in [3.8, 4) is 0 Å². The van der Waals surface area contributed by atoms with E-state index in [1.807, 2.05) is 0 Å². The van der Waals surface area contributed by atoms with Crippen molar-refractivity contribution >= 4 is 11.8 Å². The SMILES string of the molecule is CCOC(=O)C(C)(F)CC(C)=O. The van der Waals surface area contributed by atoms with Gasteiger partial charge in [-0.1, -0.05) is 0 Å². The summed E-state index contributed by atoms with van der Waals surface area (Å²) in [6.45, 7) is 3.99. The van der Waals surface area contributed by atoms with Gasteiger partial charge >= 0.3 is 5.97 Å². The van der Waals surface area contributed by atoms with E-state index in [2.05, 4.69) is 4.74 Å². The molecule has 0 saturated heterocycles. The summed E-state index contributed by atoms with van der Waals surface area (Å²) in [6.07, 6.45) is -0.425. The second-order valence-electron chi connectivity index (χ2n) is 2.80. The summed E-state index contributed by atoms with van der Waals surface area (Å²) < 4.78 is 17.7. The Hall–Kier alpha value is -0.930. The van der Waals surface area contributed by atoms with Gasteiger partial charge in [-0.25, -0.2) is 9.18 Å². The third-order valence-corrected chi connectivity index (χ3v) is 1.28. The molecule has 0 bridgehead atoms. The third-order valence-electron chi connectivity index (χ3n) is 1.28. The van der Waals surface area contributed by atoms with Crippen LogP contribution in [0.25, 0.3) is 0 Å². The fourth-order valence-corrected chi connectivity index (χ4v) is 0.821. The summed E-state index contributed by atoms with van der Waals surface area (Å²) in [5, 5.41) is 0. The second-order valence-corrected chi connectivity index (χ2v) is 2.80. The number of halogens is 1. The molecule has 3 nitrogen and oxygen atoms in total. The molecule has 1 atom stereocenters. The minimum atomic E-state index is -2.18. The molecular formula is C8H13FO3. The largest absolute Gasteiger partial charge is 0.464 e. The van der Waals surface area contributed by atoms with Crippen molar-refractivity contribution in [3.63, 3.8) is 0 Å². The first-order valence-corrected chi connectivity index (χ1v) is 3.75. The van der Waals surface area contributed by atoms with Crippen LogP contribution >= 0.6 is 0 Å². The lowest BCUT2D eigenvalue weighted by Gasteiger charge is -2.15. The molecule has 0 aromatic carbocycles. The maximum absolute atomic E-state index is 13.2. The lowest BCUT2D eigenvalue weighted by molar-refractivity contribution is -0.158. The van der Waals surface area contributed by atoms with Crippen molar-refractivity contribution in [2.24, 2.45) is 0 Å². The van der Waals surface area contributed by atoms with Crippen LogP contribution in [-0.4, -0.2) is 24.0 Å². The molecule has 0 N–H and O–H groups in total. The van der Waals surface area contributed by atoms with Gasteiger partial charge in [0.15, 0.2) is 0 Å². The number of hydrogen-bond acceptors (Lipinski definition) is 3. The molecule has 0 spiro atoms. The molecule has 4 heteroatoms. The molecule has 12 heavy (non-hydrogen) atoms. The number of ketones is 1. The maximum atomic E-state index is 13.2. The highest BCUT2D eigenvalue weighted by Crippen LogP contribution is 2.17. The van der Waals surface area contributed by atoms with Gasteiger partial charge in [0.1, 0.15) is 5.78 Å². The highest BCUT2D eigenvalue weighted by atomic mass is 19.1. The van der Waals surface area contributed by atoms with E-state index in [1.54, 1.807) is 6.92 Å². The van der Waals surface area contributed by atoms with E-state index in [0.29, 0.717) is 0 Å². The minimum absolute atomic E-state index is 0.121. The van der Waals surface area contributed by atoms with Crippen molar-refractivity contribution in [3.05, 3.63) is 0 Å². The summed E-state index contributed by atoms with van der Waals surface area (Å²) in [4.78, 5) is 21.4. The van der Waals surface area contributed by atoms with Gasteiger partial charge in [-0.15, -0.1) is 0 Å². The van der Waals surface area contributed by atoms with E-state index in [0.717, 1.165) is 6.92 Å². The average Bonchev–Trinajstić information content (AvgIpc) is 1.85. The van der Waals surface area contributed by atoms with Gasteiger partial charge < -0.3 is 4.74 Å². The molecule has 0 aliphatic rings. The first kappa shape index (κ1) is 11.1. The minimum Gasteiger partial charge on any atom is -0.464 e. The van der Waals surface area contributed by atoms with Crippen LogP contribution in [-0.2, 0) is 14.3 Å². The fourth-order valence-electron chi connectivity index (χ4n) is 0.821. The van der Waals surface area contributed by atoms with Crippen molar-refractivity contribution in [1.82, 2.24) is 0 Å². The van der Waals surface area contributed by atoms with E-state index >= 15 is 0 Å². The normalized spacial score (nSPS) is 15.0. The van der Waals surface area contributed by atoms with Crippen LogP contribution in [0.3, 0.4) is 0 Å². The van der Waals surface area contributed by atoms with Gasteiger partial charge in [-0.2, -0.15) is 0 Å². The fraction of sp³-hybridized carbons (Fsp3) is 0.750. The van der Waals surface area contributed by atoms with Crippen LogP contribution in [0, 0.1) is 0 Å². The summed E-state index contributed by atoms with van der Waals surface area (Å²) in [5.41, 5.74) is -2.18. The lowest BCUT2D eigenvalue weighted by Crippen LogP contribution is -2.34. The highest BCUT2D eigenvalue weighted by Gasteiger charge is 2.35. The molecule has 0 rings (SSSR count). The number of carbonyl (C=O) groups is 2. The predicted octanol–water partition coefficient (Wildman–Crippen LogP) is 1.26. The Morgan fingerprint density at radius 1 is 1.50 bits per heavy atom. The summed E-state index contributed by atoms with van der Waals surface area (Å²) in [7, 11) is 0. The maximum Gasteiger partial charge on any atom is 0.344 e. The molecule has 0 saturated carbocycles. The van der Waals surface area contributed by atoms with Crippen molar-refractivity contribution in [2.45, 2.75) is 32.9 Å². The number of hydrogen-bond donors (Lipinski definition) is 0. The Morgan fingerprint density at radius 2 is 2.00 bits per heavy atom. The van der Waals surface area contributed by atoms with Crippen molar-refractivity contribution < 1.29 is 18.7 Å². The molecule has 0 heterocycles. The van der Waals surface area contributed by atoms with Crippen LogP contribution in [0.5, 0.6) is 0 Å². The summed E-state index contributed by atoms with van der Waals surface area (Å²) in [6, 6.07) is 0. The zero-order valence-electron chi connectivity index (χ0n) is 7.52. The predicted molar refractivity (Wildman–Crippen MR) is 41.4 cm³/mol. The monoisotopic (exact) mass is 176 g/mol. The Bertz CT molecular complexity index is 187. The number of Topliss-reactive ketones (excluding diaryl/α,β-unsaturated/α-hetero) is 1. The number of alkyl halides is 1. The Balaban J connectivity index is 4.18. The standard InChI is InChI=1S/C8H13FO3/c1-4-12-7(11)8(3,9)5-6(2)10/h4-5H2,1-3H3. The van der Waals surface area contributed by atoms with Crippen molar-refractivity contribution in [1.29, 1.82) is 0 Å². The van der Waals surface area contributed by atoms with Crippen LogP contribution < -0.4 is 0 Å². The lowest BCUT2D eigenvalue weighted by atomic mass is 10.0. The summed E-state index contributed by atoms with van der Waals surface area (Å²) >= 11 is 0. The molecule has 70 valence electrons. The molecule has 0 fully saturated rings. The summed E-state index contributed by atoms with van der Waals surface area (Å²) in [5.74, 6) is -1.34. The van der Waals surface area contributed by atoms with Crippen LogP contribution in [0.15, 0.2) is 0 Å². The molecule has 0 aliphatic carbocycles. The zero-order chi connectivity index (χ0) is 9.78. The number of rotatable bonds is 4. The topological polar surface area (TPSA) is 43.4 Å². The zero-order valence-corrected chi connectivity index (χ0v) is 7.52. The Labute approximate surface area is 70.9 Å². The first-order valence-electron chi connectivity index (χ1n) is 3.75. The van der Waals surface area contributed by atoms with Crippen LogP contribution in [0.4, 0.5) is 4.39 Å². The number of ether oxygens (including phenoxy) is 1. The van der Waals surface area contributed by atoms with Crippen molar-refractivity contribution in [2.75, 3.05) is 6.61 Å². The number of esters is 1. The van der Waals surface area contributed by atoms with Crippen LogP contribution in [0.2, 0.25) is 0 Å². The molecule has 0 amide bonds. The van der Waals surface area contributed by atoms with E-state index in [9.17, 15) is 14.0 Å². The second kappa shape index (κ2) is 4.18. The number of carbonyl (C=O) groups excluding carboxylic acids is 2. The Kier molecular flexibility index (Phi) is 3.86. The van der Waals surface area contributed by atoms with Gasteiger partial charge in [0, 0.05) is 0 Å². The molecule has 1 unspecified atom stereocenters. The average molecular weight is 176 g/mol. The van der Waals surface area contributed by atoms with Gasteiger partial charge in [-0.05, 0) is 20.8 Å². The van der Waals surface area contributed by atoms with Gasteiger partial charge in [0.2, 0.25) is 5.67 Å². The molecule has 0 radical (unpaired) electrons. The molecule has 0 aliphatic heterocycles. The van der Waals surface area contributed by atoms with Gasteiger partial charge in [-0.3, -0.25) is 4.79 Å². The third kappa shape index (κ3) is 3.46. The van der Waals surface area contributed by atoms with Gasteiger partial charge in [0.25, 0.3) is 0 Å². The van der Waals surface area contributed by atoms with E-state index < -0.39 is 18.1 Å². The smallest absolute Gasteiger partial charge is 0.344 e. The van der Waals surface area contributed by atoms with Gasteiger partial charge in [0.05, 0.1) is 13.0 Å². The first-order chi connectivity index (χ1) is 5.40. The molecule has 0 aromatic rings. The van der Waals surface area contributed by atoms with E-state index in [-0.39, 0.29) is 12.4 Å².